The van der Waals surface area contributed by atoms with Crippen molar-refractivity contribution >= 4 is 33.4 Å². The van der Waals surface area contributed by atoms with Crippen LogP contribution in [0.2, 0.25) is 0 Å². The van der Waals surface area contributed by atoms with Gasteiger partial charge in [-0.3, -0.25) is 9.59 Å². The number of para-hydroxylation sites is 1. The highest BCUT2D eigenvalue weighted by molar-refractivity contribution is 6.19. The molecule has 0 saturated carbocycles. The van der Waals surface area contributed by atoms with Gasteiger partial charge in [0, 0.05) is 35.1 Å². The third-order valence-electron chi connectivity index (χ3n) is 6.27. The highest BCUT2D eigenvalue weighted by atomic mass is 16.6. The van der Waals surface area contributed by atoms with Crippen LogP contribution in [0.25, 0.3) is 27.5 Å². The first-order chi connectivity index (χ1) is 17.5. The summed E-state index contributed by atoms with van der Waals surface area (Å²) < 4.78 is 19.5. The minimum Gasteiger partial charge on any atom is -0.497 e. The third kappa shape index (κ3) is 3.44. The molecule has 0 saturated heterocycles. The molecule has 9 heteroatoms. The van der Waals surface area contributed by atoms with Crippen molar-refractivity contribution in [1.29, 1.82) is 0 Å². The van der Waals surface area contributed by atoms with Crippen molar-refractivity contribution < 1.29 is 19.0 Å². The first kappa shape index (κ1) is 21.7. The summed E-state index contributed by atoms with van der Waals surface area (Å²) in [6, 6.07) is 19.7. The van der Waals surface area contributed by atoms with Crippen LogP contribution in [0.1, 0.15) is 10.5 Å². The molecule has 1 N–H and O–H groups in total. The van der Waals surface area contributed by atoms with Gasteiger partial charge in [0.1, 0.15) is 24.5 Å². The van der Waals surface area contributed by atoms with Crippen molar-refractivity contribution in [3.05, 3.63) is 82.8 Å². The van der Waals surface area contributed by atoms with E-state index in [4.69, 9.17) is 14.2 Å². The molecular formula is C27H22N4O5. The van der Waals surface area contributed by atoms with Gasteiger partial charge in [-0.05, 0) is 42.5 Å². The number of benzene rings is 3. The van der Waals surface area contributed by atoms with Crippen LogP contribution in [0.5, 0.6) is 17.2 Å². The summed E-state index contributed by atoms with van der Waals surface area (Å²) in [5.74, 6) is 1.39. The lowest BCUT2D eigenvalue weighted by Gasteiger charge is -2.19. The topological polar surface area (TPSA) is 96.6 Å². The summed E-state index contributed by atoms with van der Waals surface area (Å²) in [6.07, 6.45) is 0. The van der Waals surface area contributed by atoms with Crippen LogP contribution in [0.15, 0.2) is 71.5 Å². The average Bonchev–Trinajstić information content (AvgIpc) is 3.22. The number of nitrogens with zero attached hydrogens (tertiary/aromatic N) is 3. The molecule has 3 heterocycles. The summed E-state index contributed by atoms with van der Waals surface area (Å²) in [7, 11) is 3.38. The third-order valence-corrected chi connectivity index (χ3v) is 6.27. The Hall–Kier alpha value is -4.79. The van der Waals surface area contributed by atoms with Gasteiger partial charge in [-0.15, -0.1) is 0 Å². The van der Waals surface area contributed by atoms with Gasteiger partial charge < -0.3 is 24.1 Å². The van der Waals surface area contributed by atoms with Gasteiger partial charge in [0.2, 0.25) is 0 Å². The second-order valence-corrected chi connectivity index (χ2v) is 8.38. The lowest BCUT2D eigenvalue weighted by atomic mass is 10.1. The summed E-state index contributed by atoms with van der Waals surface area (Å²) >= 11 is 0. The van der Waals surface area contributed by atoms with E-state index in [2.05, 4.69) is 10.4 Å². The molecule has 0 radical (unpaired) electrons. The normalized spacial score (nSPS) is 12.6. The first-order valence-electron chi connectivity index (χ1n) is 11.4. The number of aryl methyl sites for hydroxylation is 1. The lowest BCUT2D eigenvalue weighted by Crippen LogP contribution is -2.27. The molecule has 9 nitrogen and oxygen atoms in total. The van der Waals surface area contributed by atoms with Crippen LogP contribution in [0.4, 0.5) is 5.69 Å². The molecule has 6 rings (SSSR count). The van der Waals surface area contributed by atoms with Crippen LogP contribution in [0.3, 0.4) is 0 Å². The molecule has 0 aliphatic carbocycles. The lowest BCUT2D eigenvalue weighted by molar-refractivity contribution is 0.102. The van der Waals surface area contributed by atoms with Gasteiger partial charge in [0.25, 0.3) is 11.5 Å². The molecule has 2 aromatic heterocycles. The molecule has 1 aliphatic rings. The van der Waals surface area contributed by atoms with E-state index in [1.165, 1.54) is 4.68 Å². The predicted molar refractivity (Wildman–Crippen MR) is 136 cm³/mol. The quantitative estimate of drug-likeness (QED) is 0.417. The van der Waals surface area contributed by atoms with Crippen molar-refractivity contribution in [2.24, 2.45) is 7.05 Å². The Morgan fingerprint density at radius 3 is 2.53 bits per heavy atom. The van der Waals surface area contributed by atoms with Crippen molar-refractivity contribution in [2.75, 3.05) is 25.6 Å². The number of fused-ring (bicyclic) bond motifs is 4. The number of rotatable bonds is 4. The van der Waals surface area contributed by atoms with Gasteiger partial charge in [0.15, 0.2) is 17.2 Å². The van der Waals surface area contributed by atoms with E-state index >= 15 is 0 Å². The van der Waals surface area contributed by atoms with Crippen LogP contribution >= 0.6 is 0 Å². The van der Waals surface area contributed by atoms with Gasteiger partial charge in [-0.1, -0.05) is 18.2 Å². The molecule has 36 heavy (non-hydrogen) atoms. The molecule has 5 aromatic rings. The van der Waals surface area contributed by atoms with Crippen LogP contribution in [-0.4, -0.2) is 40.6 Å². The number of carbonyl (C=O) groups is 1. The van der Waals surface area contributed by atoms with Gasteiger partial charge in [-0.25, -0.2) is 0 Å². The number of nitrogens with one attached hydrogen (secondary N) is 1. The van der Waals surface area contributed by atoms with Crippen LogP contribution in [0, 0.1) is 0 Å². The Bertz CT molecular complexity index is 1700. The second kappa shape index (κ2) is 8.46. The molecule has 0 atom stereocenters. The maximum absolute atomic E-state index is 13.7. The number of amides is 1. The van der Waals surface area contributed by atoms with E-state index in [0.29, 0.717) is 52.7 Å². The minimum atomic E-state index is -0.449. The van der Waals surface area contributed by atoms with Crippen LogP contribution in [-0.2, 0) is 7.05 Å². The Balaban J connectivity index is 1.54. The highest BCUT2D eigenvalue weighted by Crippen LogP contribution is 2.33. The fraction of sp³-hybridized carbons (Fsp3) is 0.148. The Kier molecular flexibility index (Phi) is 5.10. The van der Waals surface area contributed by atoms with Crippen molar-refractivity contribution in [2.45, 2.75) is 0 Å². The number of carbonyl (C=O) groups excluding carboxylic acids is 1. The van der Waals surface area contributed by atoms with E-state index < -0.39 is 5.91 Å². The maximum Gasteiger partial charge on any atom is 0.296 e. The molecule has 0 fully saturated rings. The number of hydrogen-bond acceptors (Lipinski definition) is 6. The average molecular weight is 482 g/mol. The largest absolute Gasteiger partial charge is 0.497 e. The standard InChI is InChI=1S/C27H22N4O5/c1-30-20-6-4-3-5-19(20)23-24(26(32)28-16-7-12-21-22(15-16)36-14-13-35-21)29-31(27(33)25(23)30)17-8-10-18(34-2)11-9-17/h3-12,15H,13-14H2,1-2H3,(H,28,32). The zero-order chi connectivity index (χ0) is 24.8. The molecule has 0 spiro atoms. The van der Waals surface area contributed by atoms with E-state index in [-0.39, 0.29) is 11.3 Å². The summed E-state index contributed by atoms with van der Waals surface area (Å²) in [5, 5.41) is 8.73. The fourth-order valence-electron chi connectivity index (χ4n) is 4.55. The second-order valence-electron chi connectivity index (χ2n) is 8.38. The van der Waals surface area contributed by atoms with E-state index in [1.54, 1.807) is 54.1 Å². The number of anilines is 1. The zero-order valence-electron chi connectivity index (χ0n) is 19.6. The van der Waals surface area contributed by atoms with Crippen molar-refractivity contribution in [3.8, 4) is 22.9 Å². The minimum absolute atomic E-state index is 0.132. The van der Waals surface area contributed by atoms with E-state index in [9.17, 15) is 9.59 Å². The monoisotopic (exact) mass is 482 g/mol. The summed E-state index contributed by atoms with van der Waals surface area (Å²) in [5.41, 5.74) is 2.06. The summed E-state index contributed by atoms with van der Waals surface area (Å²) in [6.45, 7) is 0.921. The SMILES string of the molecule is COc1ccc(-n2nc(C(=O)Nc3ccc4c(c3)OCCO4)c3c4ccccc4n(C)c3c2=O)cc1. The highest BCUT2D eigenvalue weighted by Gasteiger charge is 2.24. The van der Waals surface area contributed by atoms with Crippen molar-refractivity contribution in [3.63, 3.8) is 0 Å². The molecular weight excluding hydrogens is 460 g/mol. The molecule has 1 aliphatic heterocycles. The first-order valence-corrected chi connectivity index (χ1v) is 11.4. The van der Waals surface area contributed by atoms with E-state index in [0.717, 1.165) is 10.9 Å². The molecule has 180 valence electrons. The maximum atomic E-state index is 13.7. The number of hydrogen-bond donors (Lipinski definition) is 1. The van der Waals surface area contributed by atoms with Gasteiger partial charge >= 0.3 is 0 Å². The number of aromatic nitrogens is 3. The van der Waals surface area contributed by atoms with Gasteiger partial charge in [-0.2, -0.15) is 9.78 Å². The smallest absolute Gasteiger partial charge is 0.296 e. The fourth-order valence-corrected chi connectivity index (χ4v) is 4.55. The van der Waals surface area contributed by atoms with Crippen LogP contribution < -0.4 is 25.1 Å². The Labute approximate surface area is 205 Å². The van der Waals surface area contributed by atoms with E-state index in [1.807, 2.05) is 31.3 Å². The summed E-state index contributed by atoms with van der Waals surface area (Å²) in [4.78, 5) is 27.3. The number of methoxy groups -OCH3 is 1. The zero-order valence-corrected chi connectivity index (χ0v) is 19.6. The Morgan fingerprint density at radius 1 is 1.00 bits per heavy atom. The van der Waals surface area contributed by atoms with Gasteiger partial charge in [0.05, 0.1) is 12.8 Å². The molecule has 0 unspecified atom stereocenters. The molecule has 3 aromatic carbocycles. The molecule has 0 bridgehead atoms. The van der Waals surface area contributed by atoms with Crippen molar-refractivity contribution in [1.82, 2.24) is 14.3 Å². The Morgan fingerprint density at radius 2 is 1.75 bits per heavy atom. The molecule has 1 amide bonds. The number of ether oxygens (including phenoxy) is 3. The predicted octanol–water partition coefficient (Wildman–Crippen LogP) is 3.91.